The van der Waals surface area contributed by atoms with E-state index in [1.807, 2.05) is 0 Å². The van der Waals surface area contributed by atoms with Crippen molar-refractivity contribution >= 4 is 14.7 Å². The summed E-state index contributed by atoms with van der Waals surface area (Å²) >= 11 is 0. The van der Waals surface area contributed by atoms with Crippen molar-refractivity contribution in [3.05, 3.63) is 0 Å². The van der Waals surface area contributed by atoms with Crippen LogP contribution in [0.4, 0.5) is 0 Å². The van der Waals surface area contributed by atoms with Crippen LogP contribution in [0.2, 0.25) is 0 Å². The van der Waals surface area contributed by atoms with Crippen LogP contribution in [0, 0.1) is 0 Å². The summed E-state index contributed by atoms with van der Waals surface area (Å²) < 4.78 is 0. The Labute approximate surface area is 92.9 Å². The van der Waals surface area contributed by atoms with Gasteiger partial charge >= 0.3 is 92.5 Å². The predicted molar refractivity (Wildman–Crippen MR) is 76.2 cm³/mol. The Kier molecular flexibility index (Phi) is 9.09. The summed E-state index contributed by atoms with van der Waals surface area (Å²) in [7, 11) is 1.83. The number of hydrogen-bond acceptors (Lipinski definition) is 0. The third kappa shape index (κ3) is 6.88. The van der Waals surface area contributed by atoms with Crippen LogP contribution in [0.15, 0.2) is 0 Å². The van der Waals surface area contributed by atoms with Gasteiger partial charge in [-0.25, -0.2) is 0 Å². The van der Waals surface area contributed by atoms with Gasteiger partial charge in [-0.15, -0.1) is 0 Å². The second kappa shape index (κ2) is 8.78. The van der Waals surface area contributed by atoms with Crippen molar-refractivity contribution in [2.24, 2.45) is 0 Å². The first kappa shape index (κ1) is 14.5. The normalized spacial score (nSPS) is 13.1. The molecule has 0 rings (SSSR count). The average molecular weight is 216 g/mol. The maximum atomic E-state index is 2.65. The Hall–Kier alpha value is 0.495. The van der Waals surface area contributed by atoms with Crippen molar-refractivity contribution in [1.29, 1.82) is 0 Å². The van der Waals surface area contributed by atoms with E-state index < -0.39 is 7.14 Å². The third-order valence-corrected chi connectivity index (χ3v) is 8.08. The fourth-order valence-corrected chi connectivity index (χ4v) is 6.56. The van der Waals surface area contributed by atoms with E-state index in [0.717, 1.165) is 0 Å². The Morgan fingerprint density at radius 1 is 0.714 bits per heavy atom. The first-order chi connectivity index (χ1) is 6.68. The molecule has 0 fully saturated rings. The van der Waals surface area contributed by atoms with Gasteiger partial charge in [0.05, 0.1) is 0 Å². The van der Waals surface area contributed by atoms with Gasteiger partial charge in [-0.3, -0.25) is 0 Å². The minimum absolute atomic E-state index is 0.812. The molecule has 2 heteroatoms. The van der Waals surface area contributed by atoms with E-state index in [-0.39, 0.29) is 0 Å². The zero-order valence-corrected chi connectivity index (χ0v) is 11.9. The van der Waals surface area contributed by atoms with Crippen LogP contribution in [0.1, 0.15) is 59.3 Å². The summed E-state index contributed by atoms with van der Waals surface area (Å²) in [6.45, 7) is 6.98. The maximum absolute atomic E-state index is 2.65. The second-order valence-electron chi connectivity index (χ2n) is 5.12. The summed E-state index contributed by atoms with van der Waals surface area (Å²) in [5.41, 5.74) is 0. The molecule has 0 aliphatic heterocycles. The molecular formula is C12H30BP. The van der Waals surface area contributed by atoms with Crippen molar-refractivity contribution in [3.8, 4) is 0 Å². The Morgan fingerprint density at radius 2 is 1.00 bits per heavy atom. The van der Waals surface area contributed by atoms with Crippen LogP contribution in [0.25, 0.3) is 0 Å². The van der Waals surface area contributed by atoms with Gasteiger partial charge in [0, 0.05) is 0 Å². The van der Waals surface area contributed by atoms with Crippen molar-refractivity contribution in [2.75, 3.05) is 18.5 Å². The molecule has 0 radical (unpaired) electrons. The Morgan fingerprint density at radius 3 is 1.21 bits per heavy atom. The number of unbranched alkanes of at least 4 members (excludes halogenated alkanes) is 3. The molecule has 0 N–H and O–H groups in total. The molecule has 86 valence electrons. The molecule has 0 atom stereocenters. The first-order valence-electron chi connectivity index (χ1n) is 6.68. The molecule has 0 aromatic heterocycles. The SMILES string of the molecule is B[PH](CCCC)(CCCC)CCCC. The molecule has 0 aliphatic carbocycles. The van der Waals surface area contributed by atoms with Crippen LogP contribution >= 0.6 is 7.14 Å². The summed E-state index contributed by atoms with van der Waals surface area (Å²) in [6.07, 6.45) is 13.4. The van der Waals surface area contributed by atoms with Crippen LogP contribution in [-0.2, 0) is 0 Å². The molecule has 0 unspecified atom stereocenters. The monoisotopic (exact) mass is 216 g/mol. The van der Waals surface area contributed by atoms with Gasteiger partial charge in [0.1, 0.15) is 0 Å². The van der Waals surface area contributed by atoms with Crippen molar-refractivity contribution in [2.45, 2.75) is 59.3 Å². The van der Waals surface area contributed by atoms with Crippen LogP contribution in [0.5, 0.6) is 0 Å². The molecule has 0 saturated heterocycles. The van der Waals surface area contributed by atoms with Crippen LogP contribution in [-0.4, -0.2) is 26.1 Å². The van der Waals surface area contributed by atoms with Gasteiger partial charge in [-0.05, 0) is 0 Å². The van der Waals surface area contributed by atoms with E-state index in [9.17, 15) is 0 Å². The molecule has 0 heterocycles. The third-order valence-electron chi connectivity index (χ3n) is 3.40. The molecule has 0 nitrogen and oxygen atoms in total. The fraction of sp³-hybridized carbons (Fsp3) is 1.00. The molecular weight excluding hydrogens is 186 g/mol. The van der Waals surface area contributed by atoms with E-state index in [2.05, 4.69) is 28.3 Å². The second-order valence-corrected chi connectivity index (χ2v) is 10.2. The zero-order chi connectivity index (χ0) is 10.9. The van der Waals surface area contributed by atoms with Crippen molar-refractivity contribution in [3.63, 3.8) is 0 Å². The number of rotatable bonds is 9. The van der Waals surface area contributed by atoms with E-state index in [4.69, 9.17) is 0 Å². The van der Waals surface area contributed by atoms with E-state index in [0.29, 0.717) is 0 Å². The minimum atomic E-state index is -0.812. The van der Waals surface area contributed by atoms with E-state index >= 15 is 0 Å². The molecule has 0 spiro atoms. The van der Waals surface area contributed by atoms with Crippen LogP contribution < -0.4 is 0 Å². The Balaban J connectivity index is 3.89. The summed E-state index contributed by atoms with van der Waals surface area (Å²) in [5, 5.41) is 0. The van der Waals surface area contributed by atoms with Gasteiger partial charge in [0.2, 0.25) is 0 Å². The molecule has 14 heavy (non-hydrogen) atoms. The topological polar surface area (TPSA) is 0 Å². The zero-order valence-electron chi connectivity index (χ0n) is 10.9. The summed E-state index contributed by atoms with van der Waals surface area (Å²) in [5.74, 6) is 0. The fourth-order valence-electron chi connectivity index (χ4n) is 2.19. The molecule has 0 aliphatic rings. The van der Waals surface area contributed by atoms with E-state index in [1.54, 1.807) is 18.5 Å². The molecule has 0 amide bonds. The number of hydrogen-bond donors (Lipinski definition) is 0. The quantitative estimate of drug-likeness (QED) is 0.407. The molecule has 0 bridgehead atoms. The van der Waals surface area contributed by atoms with Gasteiger partial charge in [0.25, 0.3) is 0 Å². The van der Waals surface area contributed by atoms with Crippen LogP contribution in [0.3, 0.4) is 0 Å². The molecule has 0 aromatic rings. The van der Waals surface area contributed by atoms with Crippen molar-refractivity contribution < 1.29 is 0 Å². The predicted octanol–water partition coefficient (Wildman–Crippen LogP) is 3.68. The molecule has 0 saturated carbocycles. The van der Waals surface area contributed by atoms with Gasteiger partial charge in [0.15, 0.2) is 0 Å². The standard InChI is InChI=1S/C12H30BP/c1-4-7-10-14(13,11-8-5-2)12-9-6-3/h14H,4-13H2,1-3H3. The molecule has 0 aromatic carbocycles. The van der Waals surface area contributed by atoms with E-state index in [1.165, 1.54) is 38.5 Å². The average Bonchev–Trinajstić information content (AvgIpc) is 2.21. The summed E-state index contributed by atoms with van der Waals surface area (Å²) in [6, 6.07) is 0. The first-order valence-corrected chi connectivity index (χ1v) is 9.80. The van der Waals surface area contributed by atoms with Gasteiger partial charge < -0.3 is 0 Å². The van der Waals surface area contributed by atoms with Gasteiger partial charge in [-0.2, -0.15) is 0 Å². The summed E-state index contributed by atoms with van der Waals surface area (Å²) in [4.78, 5) is 0. The van der Waals surface area contributed by atoms with Gasteiger partial charge in [-0.1, -0.05) is 0 Å². The Bertz CT molecular complexity index is 104. The van der Waals surface area contributed by atoms with Crippen molar-refractivity contribution in [1.82, 2.24) is 0 Å².